The number of phenolic OH excluding ortho intramolecular Hbond substituents is 1. The van der Waals surface area contributed by atoms with E-state index in [0.29, 0.717) is 17.1 Å². The van der Waals surface area contributed by atoms with Crippen molar-refractivity contribution in [1.29, 1.82) is 0 Å². The zero-order chi connectivity index (χ0) is 18.3. The van der Waals surface area contributed by atoms with E-state index in [9.17, 15) is 9.50 Å². The number of aryl methyl sites for hydroxylation is 3. The highest BCUT2D eigenvalue weighted by molar-refractivity contribution is 6.01. The first-order valence-corrected chi connectivity index (χ1v) is 7.57. The van der Waals surface area contributed by atoms with Crippen LogP contribution in [-0.4, -0.2) is 30.5 Å². The first kappa shape index (κ1) is 16.6. The van der Waals surface area contributed by atoms with Gasteiger partial charge < -0.3 is 20.6 Å². The fourth-order valence-corrected chi connectivity index (χ4v) is 2.92. The van der Waals surface area contributed by atoms with Crippen molar-refractivity contribution in [3.05, 3.63) is 58.8 Å². The van der Waals surface area contributed by atoms with Crippen LogP contribution in [0.15, 0.2) is 35.5 Å². The maximum absolute atomic E-state index is 13.8. The van der Waals surface area contributed by atoms with Crippen LogP contribution >= 0.6 is 0 Å². The highest BCUT2D eigenvalue weighted by Crippen LogP contribution is 2.31. The van der Waals surface area contributed by atoms with E-state index in [2.05, 4.69) is 10.3 Å². The summed E-state index contributed by atoms with van der Waals surface area (Å²) in [6, 6.07) is 7.99. The molecule has 2 aromatic heterocycles. The summed E-state index contributed by atoms with van der Waals surface area (Å²) in [6.45, 7) is 5.47. The van der Waals surface area contributed by atoms with Crippen LogP contribution in [0.5, 0.6) is 5.75 Å². The molecule has 4 N–H and O–H groups in total. The van der Waals surface area contributed by atoms with Gasteiger partial charge in [-0.2, -0.15) is 5.10 Å². The molecule has 130 valence electrons. The topological polar surface area (TPSA) is 102 Å². The van der Waals surface area contributed by atoms with Crippen molar-refractivity contribution < 1.29 is 14.7 Å². The molecule has 2 heterocycles. The zero-order valence-corrected chi connectivity index (χ0v) is 14.0. The summed E-state index contributed by atoms with van der Waals surface area (Å²) in [5, 5.41) is 26.8. The lowest BCUT2D eigenvalue weighted by Crippen LogP contribution is -2.18. The fourth-order valence-electron chi connectivity index (χ4n) is 2.92. The molecule has 0 saturated carbocycles. The van der Waals surface area contributed by atoms with E-state index in [1.54, 1.807) is 13.0 Å². The Kier molecular flexibility index (Phi) is 3.96. The molecule has 0 bridgehead atoms. The van der Waals surface area contributed by atoms with Crippen molar-refractivity contribution in [2.24, 2.45) is 10.9 Å². The molecule has 0 amide bonds. The number of halogens is 1. The minimum absolute atomic E-state index is 0.123. The molecular formula is C17H18FN5O2. The Morgan fingerprint density at radius 3 is 2.40 bits per heavy atom. The molecule has 0 saturated heterocycles. The second-order valence-electron chi connectivity index (χ2n) is 5.74. The van der Waals surface area contributed by atoms with E-state index in [0.717, 1.165) is 17.5 Å². The Hall–Kier alpha value is -3.29. The largest absolute Gasteiger partial charge is 0.503 e. The molecule has 0 aliphatic carbocycles. The van der Waals surface area contributed by atoms with Crippen molar-refractivity contribution in [2.75, 3.05) is 0 Å². The average molecular weight is 343 g/mol. The second-order valence-corrected chi connectivity index (χ2v) is 5.74. The Labute approximate surface area is 143 Å². The quantitative estimate of drug-likeness (QED) is 0.294. The molecule has 0 aliphatic rings. The van der Waals surface area contributed by atoms with E-state index in [-0.39, 0.29) is 11.5 Å². The third-order valence-corrected chi connectivity index (χ3v) is 4.08. The molecule has 0 fully saturated rings. The number of aromatic nitrogens is 3. The molecule has 0 radical (unpaired) electrons. The van der Waals surface area contributed by atoms with Crippen molar-refractivity contribution in [3.8, 4) is 17.3 Å². The summed E-state index contributed by atoms with van der Waals surface area (Å²) >= 11 is 0. The number of hydrogen-bond acceptors (Lipinski definition) is 4. The number of amidine groups is 1. The predicted octanol–water partition coefficient (Wildman–Crippen LogP) is 2.53. The molecule has 0 atom stereocenters. The average Bonchev–Trinajstić information content (AvgIpc) is 3.08. The smallest absolute Gasteiger partial charge is 0.177 e. The molecule has 25 heavy (non-hydrogen) atoms. The lowest BCUT2D eigenvalue weighted by Gasteiger charge is -2.15. The van der Waals surface area contributed by atoms with Crippen LogP contribution in [0, 0.1) is 26.6 Å². The van der Waals surface area contributed by atoms with Crippen LogP contribution in [0.25, 0.3) is 11.5 Å². The molecule has 0 spiro atoms. The van der Waals surface area contributed by atoms with Crippen LogP contribution < -0.4 is 5.73 Å². The standard InChI is InChI=1S/C17H18FN5O2/c1-9-7-8-10(2)22(9)17-14(16(19)21-25)11(3)20-23(17)13-6-4-5-12(18)15(13)24/h4-8,24-25H,1-3H3,(H2,19,21). The predicted molar refractivity (Wildman–Crippen MR) is 91.2 cm³/mol. The van der Waals surface area contributed by atoms with E-state index in [4.69, 9.17) is 10.9 Å². The molecule has 7 nitrogen and oxygen atoms in total. The maximum atomic E-state index is 13.8. The highest BCUT2D eigenvalue weighted by Gasteiger charge is 2.25. The second kappa shape index (κ2) is 5.97. The minimum Gasteiger partial charge on any atom is -0.503 e. The first-order chi connectivity index (χ1) is 11.9. The molecule has 8 heteroatoms. The van der Waals surface area contributed by atoms with Gasteiger partial charge in [-0.05, 0) is 45.0 Å². The summed E-state index contributed by atoms with van der Waals surface area (Å²) in [6.07, 6.45) is 0. The highest BCUT2D eigenvalue weighted by atomic mass is 19.1. The Morgan fingerprint density at radius 1 is 1.16 bits per heavy atom. The van der Waals surface area contributed by atoms with E-state index >= 15 is 0 Å². The van der Waals surface area contributed by atoms with Gasteiger partial charge in [-0.3, -0.25) is 0 Å². The van der Waals surface area contributed by atoms with Crippen molar-refractivity contribution in [2.45, 2.75) is 20.8 Å². The van der Waals surface area contributed by atoms with Crippen LogP contribution in [0.1, 0.15) is 22.6 Å². The number of phenols is 1. The third-order valence-electron chi connectivity index (χ3n) is 4.08. The lowest BCUT2D eigenvalue weighted by molar-refractivity contribution is 0.318. The molecule has 3 rings (SSSR count). The van der Waals surface area contributed by atoms with E-state index in [1.807, 2.05) is 30.5 Å². The van der Waals surface area contributed by atoms with Crippen LogP contribution in [0.3, 0.4) is 0 Å². The number of oxime groups is 1. The SMILES string of the molecule is Cc1nn(-c2cccc(F)c2O)c(-n2c(C)ccc2C)c1C(N)=NO. The van der Waals surface area contributed by atoms with Crippen LogP contribution in [0.4, 0.5) is 4.39 Å². The van der Waals surface area contributed by atoms with Gasteiger partial charge in [0.05, 0.1) is 11.3 Å². The van der Waals surface area contributed by atoms with Gasteiger partial charge in [-0.15, -0.1) is 0 Å². The van der Waals surface area contributed by atoms with E-state index in [1.165, 1.54) is 10.7 Å². The maximum Gasteiger partial charge on any atom is 0.177 e. The number of para-hydroxylation sites is 1. The normalized spacial score (nSPS) is 11.9. The summed E-state index contributed by atoms with van der Waals surface area (Å²) < 4.78 is 17.1. The molecule has 3 aromatic rings. The van der Waals surface area contributed by atoms with Crippen LogP contribution in [0.2, 0.25) is 0 Å². The number of aromatic hydroxyl groups is 1. The van der Waals surface area contributed by atoms with Crippen LogP contribution in [-0.2, 0) is 0 Å². The number of hydrogen-bond donors (Lipinski definition) is 3. The lowest BCUT2D eigenvalue weighted by atomic mass is 10.2. The van der Waals surface area contributed by atoms with Crippen molar-refractivity contribution >= 4 is 5.84 Å². The van der Waals surface area contributed by atoms with Gasteiger partial charge in [0.2, 0.25) is 0 Å². The minimum atomic E-state index is -0.761. The summed E-state index contributed by atoms with van der Waals surface area (Å²) in [5.74, 6) is -0.960. The van der Waals surface area contributed by atoms with Gasteiger partial charge in [-0.1, -0.05) is 11.2 Å². The zero-order valence-electron chi connectivity index (χ0n) is 14.0. The number of benzene rings is 1. The molecule has 1 aromatic carbocycles. The monoisotopic (exact) mass is 343 g/mol. The first-order valence-electron chi connectivity index (χ1n) is 7.57. The number of nitrogens with two attached hydrogens (primary N) is 1. The van der Waals surface area contributed by atoms with Crippen molar-refractivity contribution in [3.63, 3.8) is 0 Å². The van der Waals surface area contributed by atoms with Gasteiger partial charge in [0.15, 0.2) is 23.2 Å². The Morgan fingerprint density at radius 2 is 1.80 bits per heavy atom. The Bertz CT molecular complexity index is 968. The number of nitrogens with zero attached hydrogens (tertiary/aromatic N) is 4. The van der Waals surface area contributed by atoms with Gasteiger partial charge in [0.25, 0.3) is 0 Å². The third kappa shape index (κ3) is 2.51. The fraction of sp³-hybridized carbons (Fsp3) is 0.176. The van der Waals surface area contributed by atoms with Crippen molar-refractivity contribution in [1.82, 2.24) is 14.3 Å². The summed E-state index contributed by atoms with van der Waals surface area (Å²) in [7, 11) is 0. The molecule has 0 aliphatic heterocycles. The number of rotatable bonds is 3. The Balaban J connectivity index is 2.44. The van der Waals surface area contributed by atoms with E-state index < -0.39 is 11.6 Å². The summed E-state index contributed by atoms with van der Waals surface area (Å²) in [5.41, 5.74) is 8.64. The molecule has 0 unspecified atom stereocenters. The summed E-state index contributed by atoms with van der Waals surface area (Å²) in [4.78, 5) is 0. The van der Waals surface area contributed by atoms with Gasteiger partial charge in [-0.25, -0.2) is 9.07 Å². The van der Waals surface area contributed by atoms with Gasteiger partial charge >= 0.3 is 0 Å². The van der Waals surface area contributed by atoms with Gasteiger partial charge in [0.1, 0.15) is 5.69 Å². The van der Waals surface area contributed by atoms with Gasteiger partial charge in [0, 0.05) is 11.4 Å². The molecular weight excluding hydrogens is 325 g/mol.